The molecule has 0 saturated carbocycles. The average Bonchev–Trinajstić information content (AvgIpc) is 3.25. The monoisotopic (exact) mass is 435 g/mol. The Balaban J connectivity index is 1.84. The van der Waals surface area contributed by atoms with E-state index >= 15 is 0 Å². The van der Waals surface area contributed by atoms with Crippen molar-refractivity contribution in [3.05, 3.63) is 69.5 Å². The fourth-order valence-electron chi connectivity index (χ4n) is 3.61. The van der Waals surface area contributed by atoms with Crippen molar-refractivity contribution in [3.8, 4) is 17.2 Å². The number of fused-ring (bicyclic) bond motifs is 2. The molecule has 0 fully saturated rings. The van der Waals surface area contributed by atoms with Gasteiger partial charge in [0.2, 0.25) is 6.79 Å². The van der Waals surface area contributed by atoms with Crippen LogP contribution in [0.1, 0.15) is 29.3 Å². The van der Waals surface area contributed by atoms with Crippen LogP contribution < -0.4 is 15.0 Å². The molecule has 164 valence electrons. The number of hydrogen-bond donors (Lipinski definition) is 1. The van der Waals surface area contributed by atoms with Crippen molar-refractivity contribution in [3.63, 3.8) is 0 Å². The molecule has 32 heavy (non-hydrogen) atoms. The summed E-state index contributed by atoms with van der Waals surface area (Å²) in [6.07, 6.45) is 1.12. The van der Waals surface area contributed by atoms with Crippen molar-refractivity contribution >= 4 is 28.7 Å². The van der Waals surface area contributed by atoms with Gasteiger partial charge in [-0.3, -0.25) is 14.4 Å². The first-order valence-electron chi connectivity index (χ1n) is 10.0. The van der Waals surface area contributed by atoms with Gasteiger partial charge in [-0.2, -0.15) is 0 Å². The molecule has 1 aromatic heterocycles. The number of para-hydroxylation sites is 1. The molecule has 0 spiro atoms. The minimum absolute atomic E-state index is 0.00463. The molecule has 0 amide bonds. The summed E-state index contributed by atoms with van der Waals surface area (Å²) < 4.78 is 17.0. The topological polar surface area (TPSA) is 104 Å². The van der Waals surface area contributed by atoms with Gasteiger partial charge in [0.15, 0.2) is 17.3 Å². The molecule has 2 aromatic carbocycles. The fourth-order valence-corrected chi connectivity index (χ4v) is 3.61. The van der Waals surface area contributed by atoms with Crippen LogP contribution in [0, 0.1) is 0 Å². The first-order valence-corrected chi connectivity index (χ1v) is 10.0. The molecule has 0 unspecified atom stereocenters. The van der Waals surface area contributed by atoms with Gasteiger partial charge in [-0.1, -0.05) is 18.2 Å². The Morgan fingerprint density at radius 3 is 2.69 bits per heavy atom. The Hall–Kier alpha value is -4.07. The van der Waals surface area contributed by atoms with E-state index in [0.717, 1.165) is 0 Å². The lowest BCUT2D eigenvalue weighted by Crippen LogP contribution is -2.26. The number of pyridine rings is 1. The van der Waals surface area contributed by atoms with Crippen molar-refractivity contribution in [1.82, 2.24) is 4.57 Å². The summed E-state index contributed by atoms with van der Waals surface area (Å²) >= 11 is 0. The highest BCUT2D eigenvalue weighted by Gasteiger charge is 2.26. The van der Waals surface area contributed by atoms with Crippen molar-refractivity contribution in [2.45, 2.75) is 13.3 Å². The number of ether oxygens (including phenoxy) is 3. The SMILES string of the molecule is CCOC(=O)C/C(=C/c1ccc2c(c1)OCO2)C(=O)c1c(O)c2ccccc2n(C)c1=O. The molecule has 8 nitrogen and oxygen atoms in total. The van der Waals surface area contributed by atoms with Crippen LogP contribution in [-0.2, 0) is 16.6 Å². The molecule has 1 aliphatic rings. The molecule has 0 radical (unpaired) electrons. The Bertz CT molecular complexity index is 1320. The molecule has 0 saturated heterocycles. The number of hydrogen-bond acceptors (Lipinski definition) is 7. The molecule has 8 heteroatoms. The van der Waals surface area contributed by atoms with Gasteiger partial charge < -0.3 is 23.9 Å². The number of aromatic nitrogens is 1. The van der Waals surface area contributed by atoms with Gasteiger partial charge in [-0.25, -0.2) is 0 Å². The second kappa shape index (κ2) is 8.58. The predicted octanol–water partition coefficient (Wildman–Crippen LogP) is 3.19. The largest absolute Gasteiger partial charge is 0.506 e. The summed E-state index contributed by atoms with van der Waals surface area (Å²) in [4.78, 5) is 38.6. The van der Waals surface area contributed by atoms with Crippen molar-refractivity contribution in [2.24, 2.45) is 7.05 Å². The Labute approximate surface area is 183 Å². The number of carbonyl (C=O) groups excluding carboxylic acids is 2. The summed E-state index contributed by atoms with van der Waals surface area (Å²) in [5, 5.41) is 11.1. The van der Waals surface area contributed by atoms with E-state index in [1.54, 1.807) is 49.4 Å². The molecule has 0 bridgehead atoms. The van der Waals surface area contributed by atoms with E-state index in [-0.39, 0.29) is 25.4 Å². The number of nitrogens with zero attached hydrogens (tertiary/aromatic N) is 1. The lowest BCUT2D eigenvalue weighted by atomic mass is 9.97. The third-order valence-electron chi connectivity index (χ3n) is 5.17. The molecule has 2 heterocycles. The Morgan fingerprint density at radius 2 is 1.91 bits per heavy atom. The van der Waals surface area contributed by atoms with Crippen molar-refractivity contribution < 1.29 is 28.9 Å². The number of rotatable bonds is 6. The zero-order valence-electron chi connectivity index (χ0n) is 17.6. The second-order valence-corrected chi connectivity index (χ2v) is 7.20. The summed E-state index contributed by atoms with van der Waals surface area (Å²) in [7, 11) is 1.52. The van der Waals surface area contributed by atoms with E-state index < -0.39 is 28.6 Å². The highest BCUT2D eigenvalue weighted by Crippen LogP contribution is 2.34. The standard InChI is InChI=1S/C24H21NO7/c1-3-30-20(26)12-15(10-14-8-9-18-19(11-14)32-13-31-18)22(27)21-23(28)16-6-4-5-7-17(16)25(2)24(21)29/h4-11,28H,3,12-13H2,1-2H3/b15-10-. The maximum Gasteiger partial charge on any atom is 0.310 e. The molecular formula is C24H21NO7. The van der Waals surface area contributed by atoms with Crippen LogP contribution in [0.5, 0.6) is 17.2 Å². The van der Waals surface area contributed by atoms with Gasteiger partial charge in [-0.05, 0) is 42.8 Å². The zero-order chi connectivity index (χ0) is 22.8. The highest BCUT2D eigenvalue weighted by molar-refractivity contribution is 6.16. The summed E-state index contributed by atoms with van der Waals surface area (Å²) in [6.45, 7) is 1.90. The maximum atomic E-state index is 13.5. The number of aromatic hydroxyl groups is 1. The summed E-state index contributed by atoms with van der Waals surface area (Å²) in [5.41, 5.74) is -0.00335. The van der Waals surface area contributed by atoms with Gasteiger partial charge in [0.25, 0.3) is 5.56 Å². The first kappa shape index (κ1) is 21.2. The van der Waals surface area contributed by atoms with Crippen LogP contribution in [0.3, 0.4) is 0 Å². The zero-order valence-corrected chi connectivity index (χ0v) is 17.6. The van der Waals surface area contributed by atoms with Crippen molar-refractivity contribution in [2.75, 3.05) is 13.4 Å². The van der Waals surface area contributed by atoms with Crippen LogP contribution in [-0.4, -0.2) is 34.8 Å². The third-order valence-corrected chi connectivity index (χ3v) is 5.17. The Kier molecular flexibility index (Phi) is 5.68. The van der Waals surface area contributed by atoms with E-state index in [0.29, 0.717) is 28.0 Å². The minimum atomic E-state index is -0.750. The van der Waals surface area contributed by atoms with E-state index in [1.165, 1.54) is 17.7 Å². The molecular weight excluding hydrogens is 414 g/mol. The van der Waals surface area contributed by atoms with Crippen LogP contribution in [0.25, 0.3) is 17.0 Å². The Morgan fingerprint density at radius 1 is 1.16 bits per heavy atom. The van der Waals surface area contributed by atoms with Crippen molar-refractivity contribution in [1.29, 1.82) is 0 Å². The number of aryl methyl sites for hydroxylation is 1. The van der Waals surface area contributed by atoms with Gasteiger partial charge >= 0.3 is 5.97 Å². The summed E-state index contributed by atoms with van der Waals surface area (Å²) in [5.74, 6) is -0.716. The van der Waals surface area contributed by atoms with Crippen LogP contribution in [0.2, 0.25) is 0 Å². The molecule has 3 aromatic rings. The van der Waals surface area contributed by atoms with Crippen LogP contribution in [0.15, 0.2) is 52.8 Å². The second-order valence-electron chi connectivity index (χ2n) is 7.20. The normalized spacial score (nSPS) is 12.8. The molecule has 0 atom stereocenters. The quantitative estimate of drug-likeness (QED) is 0.360. The lowest BCUT2D eigenvalue weighted by molar-refractivity contribution is -0.142. The average molecular weight is 435 g/mol. The van der Waals surface area contributed by atoms with Gasteiger partial charge in [-0.15, -0.1) is 0 Å². The third kappa shape index (κ3) is 3.82. The van der Waals surface area contributed by atoms with E-state index in [9.17, 15) is 19.5 Å². The molecule has 1 N–H and O–H groups in total. The highest BCUT2D eigenvalue weighted by atomic mass is 16.7. The van der Waals surface area contributed by atoms with E-state index in [4.69, 9.17) is 14.2 Å². The lowest BCUT2D eigenvalue weighted by Gasteiger charge is -2.13. The number of Topliss-reactive ketones (excluding diaryl/α,β-unsaturated/α-hetero) is 1. The van der Waals surface area contributed by atoms with Crippen LogP contribution in [0.4, 0.5) is 0 Å². The maximum absolute atomic E-state index is 13.5. The smallest absolute Gasteiger partial charge is 0.310 e. The number of esters is 1. The number of ketones is 1. The predicted molar refractivity (Wildman–Crippen MR) is 117 cm³/mol. The summed E-state index contributed by atoms with van der Waals surface area (Å²) in [6, 6.07) is 11.8. The fraction of sp³-hybridized carbons (Fsp3) is 0.208. The number of benzene rings is 2. The first-order chi connectivity index (χ1) is 15.4. The van der Waals surface area contributed by atoms with E-state index in [2.05, 4.69) is 0 Å². The molecule has 4 rings (SSSR count). The van der Waals surface area contributed by atoms with Gasteiger partial charge in [0.05, 0.1) is 18.5 Å². The minimum Gasteiger partial charge on any atom is -0.506 e. The van der Waals surface area contributed by atoms with Gasteiger partial charge in [0, 0.05) is 18.0 Å². The van der Waals surface area contributed by atoms with Gasteiger partial charge in [0.1, 0.15) is 11.3 Å². The van der Waals surface area contributed by atoms with E-state index in [1.807, 2.05) is 0 Å². The number of carbonyl (C=O) groups is 2. The van der Waals surface area contributed by atoms with Crippen LogP contribution >= 0.6 is 0 Å². The molecule has 1 aliphatic heterocycles. The molecule has 0 aliphatic carbocycles.